The topological polar surface area (TPSA) is 29.0 Å². The van der Waals surface area contributed by atoms with Crippen LogP contribution < -0.4 is 4.90 Å². The minimum atomic E-state index is -0.301. The Hall–Kier alpha value is -0.900. The van der Waals surface area contributed by atoms with E-state index >= 15 is 0 Å². The fourth-order valence-corrected chi connectivity index (χ4v) is 2.49. The Labute approximate surface area is 106 Å². The van der Waals surface area contributed by atoms with Gasteiger partial charge in [0, 0.05) is 18.5 Å². The van der Waals surface area contributed by atoms with Crippen LogP contribution in [0, 0.1) is 18.7 Å². The summed E-state index contributed by atoms with van der Waals surface area (Å²) in [6.07, 6.45) is 3.41. The summed E-state index contributed by atoms with van der Waals surface area (Å²) in [6, 6.07) is 0. The number of aryl methyl sites for hydroxylation is 1. The molecule has 17 heavy (non-hydrogen) atoms. The van der Waals surface area contributed by atoms with Crippen molar-refractivity contribution in [2.24, 2.45) is 5.92 Å². The van der Waals surface area contributed by atoms with Gasteiger partial charge in [-0.1, -0.05) is 0 Å². The van der Waals surface area contributed by atoms with E-state index in [2.05, 4.69) is 9.97 Å². The summed E-state index contributed by atoms with van der Waals surface area (Å²) in [4.78, 5) is 9.87. The number of nitrogens with zero attached hydrogens (tertiary/aromatic N) is 3. The highest BCUT2D eigenvalue weighted by Crippen LogP contribution is 2.27. The van der Waals surface area contributed by atoms with E-state index in [0.717, 1.165) is 25.9 Å². The van der Waals surface area contributed by atoms with Crippen LogP contribution >= 0.6 is 11.6 Å². The van der Waals surface area contributed by atoms with Crippen molar-refractivity contribution >= 4 is 17.4 Å². The SMILES string of the molecule is Cc1ncnc(N2CCC(C(C)Cl)CC2)c1F. The van der Waals surface area contributed by atoms with Crippen molar-refractivity contribution in [3.05, 3.63) is 17.8 Å². The molecule has 0 aromatic carbocycles. The highest BCUT2D eigenvalue weighted by atomic mass is 35.5. The molecule has 0 saturated carbocycles. The molecule has 2 heterocycles. The van der Waals surface area contributed by atoms with E-state index in [1.165, 1.54) is 6.33 Å². The molecule has 1 aromatic heterocycles. The van der Waals surface area contributed by atoms with Gasteiger partial charge in [0.25, 0.3) is 0 Å². The van der Waals surface area contributed by atoms with Gasteiger partial charge in [0.05, 0.1) is 5.69 Å². The van der Waals surface area contributed by atoms with E-state index in [0.29, 0.717) is 17.4 Å². The van der Waals surface area contributed by atoms with E-state index in [-0.39, 0.29) is 11.2 Å². The van der Waals surface area contributed by atoms with E-state index in [1.807, 2.05) is 11.8 Å². The molecule has 1 unspecified atom stereocenters. The molecule has 0 radical (unpaired) electrons. The third-order valence-electron chi connectivity index (χ3n) is 3.43. The second-order valence-electron chi connectivity index (χ2n) is 4.60. The fraction of sp³-hybridized carbons (Fsp3) is 0.667. The van der Waals surface area contributed by atoms with Crippen LogP contribution in [0.3, 0.4) is 0 Å². The molecular weight excluding hydrogens is 241 g/mol. The molecule has 1 fully saturated rings. The van der Waals surface area contributed by atoms with Gasteiger partial charge in [-0.25, -0.2) is 14.4 Å². The van der Waals surface area contributed by atoms with Gasteiger partial charge in [0.15, 0.2) is 11.6 Å². The lowest BCUT2D eigenvalue weighted by Gasteiger charge is -2.34. The summed E-state index contributed by atoms with van der Waals surface area (Å²) >= 11 is 6.09. The molecule has 0 aliphatic carbocycles. The molecule has 0 N–H and O–H groups in total. The first-order chi connectivity index (χ1) is 8.09. The maximum absolute atomic E-state index is 13.8. The smallest absolute Gasteiger partial charge is 0.186 e. The van der Waals surface area contributed by atoms with Gasteiger partial charge in [0.1, 0.15) is 6.33 Å². The van der Waals surface area contributed by atoms with Crippen molar-refractivity contribution < 1.29 is 4.39 Å². The number of hydrogen-bond acceptors (Lipinski definition) is 3. The highest BCUT2D eigenvalue weighted by molar-refractivity contribution is 6.20. The molecule has 0 spiro atoms. The third kappa shape index (κ3) is 2.68. The second kappa shape index (κ2) is 5.17. The molecule has 1 atom stereocenters. The quantitative estimate of drug-likeness (QED) is 0.763. The number of halogens is 2. The van der Waals surface area contributed by atoms with Crippen molar-refractivity contribution in [2.75, 3.05) is 18.0 Å². The predicted octanol–water partition coefficient (Wildman–Crippen LogP) is 2.77. The number of hydrogen-bond donors (Lipinski definition) is 0. The lowest BCUT2D eigenvalue weighted by molar-refractivity contribution is 0.395. The molecule has 0 bridgehead atoms. The standard InChI is InChI=1S/C12H17ClFN3/c1-8(13)10-3-5-17(6-4-10)12-11(14)9(2)15-7-16-12/h7-8,10H,3-6H2,1-2H3. The van der Waals surface area contributed by atoms with E-state index in [4.69, 9.17) is 11.6 Å². The Morgan fingerprint density at radius 1 is 1.41 bits per heavy atom. The van der Waals surface area contributed by atoms with Crippen LogP contribution in [0.2, 0.25) is 0 Å². The molecule has 1 saturated heterocycles. The van der Waals surface area contributed by atoms with Gasteiger partial charge in [-0.15, -0.1) is 11.6 Å². The van der Waals surface area contributed by atoms with Gasteiger partial charge < -0.3 is 4.90 Å². The third-order valence-corrected chi connectivity index (χ3v) is 3.79. The number of anilines is 1. The van der Waals surface area contributed by atoms with Crippen LogP contribution in [0.5, 0.6) is 0 Å². The summed E-state index contributed by atoms with van der Waals surface area (Å²) < 4.78 is 13.8. The van der Waals surface area contributed by atoms with Gasteiger partial charge >= 0.3 is 0 Å². The highest BCUT2D eigenvalue weighted by Gasteiger charge is 2.25. The number of piperidine rings is 1. The number of rotatable bonds is 2. The minimum Gasteiger partial charge on any atom is -0.354 e. The fourth-order valence-electron chi connectivity index (χ4n) is 2.24. The first-order valence-corrected chi connectivity index (χ1v) is 6.39. The lowest BCUT2D eigenvalue weighted by atomic mass is 9.94. The van der Waals surface area contributed by atoms with Crippen molar-refractivity contribution in [2.45, 2.75) is 32.1 Å². The van der Waals surface area contributed by atoms with E-state index in [1.54, 1.807) is 6.92 Å². The van der Waals surface area contributed by atoms with E-state index in [9.17, 15) is 4.39 Å². The van der Waals surface area contributed by atoms with E-state index < -0.39 is 0 Å². The maximum atomic E-state index is 13.8. The Morgan fingerprint density at radius 3 is 2.65 bits per heavy atom. The minimum absolute atomic E-state index is 0.189. The van der Waals surface area contributed by atoms with Crippen molar-refractivity contribution in [3.8, 4) is 0 Å². The van der Waals surface area contributed by atoms with Gasteiger partial charge in [-0.3, -0.25) is 0 Å². The van der Waals surface area contributed by atoms with Crippen LogP contribution in [0.15, 0.2) is 6.33 Å². The average molecular weight is 258 g/mol. The second-order valence-corrected chi connectivity index (χ2v) is 5.29. The van der Waals surface area contributed by atoms with Crippen LogP contribution in [-0.4, -0.2) is 28.4 Å². The zero-order valence-electron chi connectivity index (χ0n) is 10.2. The summed E-state index contributed by atoms with van der Waals surface area (Å²) in [5.74, 6) is 0.655. The summed E-state index contributed by atoms with van der Waals surface area (Å²) in [5.41, 5.74) is 0.405. The largest absolute Gasteiger partial charge is 0.354 e. The first-order valence-electron chi connectivity index (χ1n) is 5.95. The molecule has 5 heteroatoms. The lowest BCUT2D eigenvalue weighted by Crippen LogP contribution is -2.37. The molecule has 3 nitrogen and oxygen atoms in total. The normalized spacial score (nSPS) is 19.4. The molecule has 1 aliphatic heterocycles. The van der Waals surface area contributed by atoms with Gasteiger partial charge in [-0.2, -0.15) is 0 Å². The monoisotopic (exact) mass is 257 g/mol. The molecular formula is C12H17ClFN3. The Balaban J connectivity index is 2.08. The van der Waals surface area contributed by atoms with Crippen LogP contribution in [0.25, 0.3) is 0 Å². The van der Waals surface area contributed by atoms with Crippen molar-refractivity contribution in [1.82, 2.24) is 9.97 Å². The zero-order chi connectivity index (χ0) is 12.4. The molecule has 0 amide bonds. The van der Waals surface area contributed by atoms with Crippen LogP contribution in [-0.2, 0) is 0 Å². The number of alkyl halides is 1. The summed E-state index contributed by atoms with van der Waals surface area (Å²) in [5, 5.41) is 0.189. The maximum Gasteiger partial charge on any atom is 0.186 e. The zero-order valence-corrected chi connectivity index (χ0v) is 10.9. The molecule has 1 aliphatic rings. The summed E-state index contributed by atoms with van der Waals surface area (Å²) in [7, 11) is 0. The average Bonchev–Trinajstić information content (AvgIpc) is 2.33. The Bertz CT molecular complexity index is 389. The summed E-state index contributed by atoms with van der Waals surface area (Å²) in [6.45, 7) is 5.32. The van der Waals surface area contributed by atoms with Crippen molar-refractivity contribution in [3.63, 3.8) is 0 Å². The van der Waals surface area contributed by atoms with Crippen LogP contribution in [0.1, 0.15) is 25.5 Å². The Morgan fingerprint density at radius 2 is 2.06 bits per heavy atom. The number of aromatic nitrogens is 2. The van der Waals surface area contributed by atoms with Crippen LogP contribution in [0.4, 0.5) is 10.2 Å². The molecule has 2 rings (SSSR count). The molecule has 94 valence electrons. The van der Waals surface area contributed by atoms with Crippen molar-refractivity contribution in [1.29, 1.82) is 0 Å². The molecule has 1 aromatic rings. The predicted molar refractivity (Wildman–Crippen MR) is 67.0 cm³/mol. The van der Waals surface area contributed by atoms with Gasteiger partial charge in [-0.05, 0) is 32.6 Å². The Kier molecular flexibility index (Phi) is 3.82. The van der Waals surface area contributed by atoms with Gasteiger partial charge in [0.2, 0.25) is 0 Å². The first kappa shape index (κ1) is 12.6.